The Balaban J connectivity index is 2.17. The molecule has 0 aliphatic heterocycles. The van der Waals surface area contributed by atoms with Crippen LogP contribution in [0.1, 0.15) is 38.2 Å². The average molecular weight is 293 g/mol. The molecule has 0 unspecified atom stereocenters. The van der Waals surface area contributed by atoms with Crippen molar-refractivity contribution in [2.24, 2.45) is 5.41 Å². The fourth-order valence-corrected chi connectivity index (χ4v) is 3.79. The lowest BCUT2D eigenvalue weighted by atomic mass is 9.67. The predicted molar refractivity (Wildman–Crippen MR) is 77.3 cm³/mol. The van der Waals surface area contributed by atoms with Crippen molar-refractivity contribution >= 4 is 15.7 Å². The summed E-state index contributed by atoms with van der Waals surface area (Å²) in [7, 11) is -3.62. The van der Waals surface area contributed by atoms with E-state index < -0.39 is 10.0 Å². The molecule has 5 nitrogen and oxygen atoms in total. The van der Waals surface area contributed by atoms with Crippen LogP contribution in [-0.2, 0) is 10.0 Å². The van der Waals surface area contributed by atoms with E-state index in [-0.39, 0.29) is 16.0 Å². The molecular formula is C14H19N3O2S. The van der Waals surface area contributed by atoms with Gasteiger partial charge in [-0.15, -0.1) is 0 Å². The van der Waals surface area contributed by atoms with Crippen LogP contribution in [0.4, 0.5) is 5.69 Å². The second-order valence-corrected chi connectivity index (χ2v) is 7.13. The van der Waals surface area contributed by atoms with Crippen molar-refractivity contribution in [3.8, 4) is 6.07 Å². The van der Waals surface area contributed by atoms with Crippen molar-refractivity contribution in [2.75, 3.05) is 12.3 Å². The van der Waals surface area contributed by atoms with Gasteiger partial charge in [-0.2, -0.15) is 5.26 Å². The first-order chi connectivity index (χ1) is 9.42. The summed E-state index contributed by atoms with van der Waals surface area (Å²) in [6.07, 6.45) is 4.26. The van der Waals surface area contributed by atoms with E-state index in [1.165, 1.54) is 18.2 Å². The van der Waals surface area contributed by atoms with E-state index in [0.29, 0.717) is 12.1 Å². The number of nitrogens with one attached hydrogen (secondary N) is 1. The molecule has 1 aromatic rings. The fourth-order valence-electron chi connectivity index (χ4n) is 2.52. The maximum absolute atomic E-state index is 12.3. The standard InChI is InChI=1S/C14H19N3O2S/c1-2-14(6-3-7-14)10-17-20(18,19)13-5-4-11(9-15)8-12(13)16/h4-5,8,17H,2-3,6-7,10,16H2,1H3. The van der Waals surface area contributed by atoms with Crippen LogP contribution in [0.2, 0.25) is 0 Å². The molecule has 3 N–H and O–H groups in total. The van der Waals surface area contributed by atoms with Gasteiger partial charge in [0.15, 0.2) is 0 Å². The van der Waals surface area contributed by atoms with E-state index in [1.807, 2.05) is 6.07 Å². The third-order valence-electron chi connectivity index (χ3n) is 4.23. The highest BCUT2D eigenvalue weighted by atomic mass is 32.2. The van der Waals surface area contributed by atoms with E-state index in [0.717, 1.165) is 25.7 Å². The van der Waals surface area contributed by atoms with Gasteiger partial charge in [-0.1, -0.05) is 13.3 Å². The summed E-state index contributed by atoms with van der Waals surface area (Å²) in [6, 6.07) is 6.16. The SMILES string of the molecule is CCC1(CNS(=O)(=O)c2ccc(C#N)cc2N)CCC1. The summed E-state index contributed by atoms with van der Waals surface area (Å²) in [5, 5.41) is 8.77. The smallest absolute Gasteiger partial charge is 0.242 e. The van der Waals surface area contributed by atoms with E-state index in [4.69, 9.17) is 11.0 Å². The number of rotatable bonds is 5. The number of nitrogens with zero attached hydrogens (tertiary/aromatic N) is 1. The van der Waals surface area contributed by atoms with Gasteiger partial charge < -0.3 is 5.73 Å². The molecule has 1 fully saturated rings. The zero-order valence-electron chi connectivity index (χ0n) is 11.5. The summed E-state index contributed by atoms with van der Waals surface area (Å²) in [5.74, 6) is 0. The van der Waals surface area contributed by atoms with Gasteiger partial charge in [0.25, 0.3) is 0 Å². The lowest BCUT2D eigenvalue weighted by molar-refractivity contribution is 0.133. The number of nitrogen functional groups attached to an aromatic ring is 1. The molecule has 0 bridgehead atoms. The molecule has 1 aromatic carbocycles. The molecule has 20 heavy (non-hydrogen) atoms. The van der Waals surface area contributed by atoms with Gasteiger partial charge in [-0.25, -0.2) is 13.1 Å². The predicted octanol–water partition coefficient (Wildman–Crippen LogP) is 2.00. The van der Waals surface area contributed by atoms with Gasteiger partial charge in [-0.3, -0.25) is 0 Å². The first-order valence-corrected chi connectivity index (χ1v) is 8.20. The Labute approximate surface area is 119 Å². The molecule has 1 aliphatic rings. The summed E-state index contributed by atoms with van der Waals surface area (Å²) >= 11 is 0. The summed E-state index contributed by atoms with van der Waals surface area (Å²) in [4.78, 5) is 0.0436. The van der Waals surface area contributed by atoms with Crippen molar-refractivity contribution in [1.82, 2.24) is 4.72 Å². The molecule has 1 saturated carbocycles. The Kier molecular flexibility index (Phi) is 4.02. The third kappa shape index (κ3) is 2.79. The van der Waals surface area contributed by atoms with Gasteiger partial charge in [0.05, 0.1) is 17.3 Å². The minimum absolute atomic E-state index is 0.0436. The minimum Gasteiger partial charge on any atom is -0.398 e. The quantitative estimate of drug-likeness (QED) is 0.811. The highest BCUT2D eigenvalue weighted by molar-refractivity contribution is 7.89. The molecule has 0 radical (unpaired) electrons. The maximum atomic E-state index is 12.3. The average Bonchev–Trinajstić information content (AvgIpc) is 2.37. The zero-order valence-corrected chi connectivity index (χ0v) is 12.3. The molecule has 108 valence electrons. The molecular weight excluding hydrogens is 274 g/mol. The van der Waals surface area contributed by atoms with Crippen LogP contribution in [0.3, 0.4) is 0 Å². The second kappa shape index (κ2) is 5.43. The normalized spacial score (nSPS) is 17.2. The van der Waals surface area contributed by atoms with Crippen molar-refractivity contribution in [2.45, 2.75) is 37.5 Å². The monoisotopic (exact) mass is 293 g/mol. The van der Waals surface area contributed by atoms with Crippen LogP contribution >= 0.6 is 0 Å². The highest BCUT2D eigenvalue weighted by Gasteiger charge is 2.36. The number of hydrogen-bond donors (Lipinski definition) is 2. The molecule has 2 rings (SSSR count). The number of anilines is 1. The fraction of sp³-hybridized carbons (Fsp3) is 0.500. The maximum Gasteiger partial charge on any atom is 0.242 e. The number of nitrogens with two attached hydrogens (primary N) is 1. The summed E-state index contributed by atoms with van der Waals surface area (Å²) in [6.45, 7) is 2.54. The molecule has 0 spiro atoms. The number of sulfonamides is 1. The Morgan fingerprint density at radius 1 is 1.45 bits per heavy atom. The topological polar surface area (TPSA) is 96.0 Å². The molecule has 0 atom stereocenters. The summed E-state index contributed by atoms with van der Waals surface area (Å²) in [5.41, 5.74) is 6.30. The Hall–Kier alpha value is -1.58. The van der Waals surface area contributed by atoms with Gasteiger partial charge in [-0.05, 0) is 42.9 Å². The highest BCUT2D eigenvalue weighted by Crippen LogP contribution is 2.43. The number of hydrogen-bond acceptors (Lipinski definition) is 4. The van der Waals surface area contributed by atoms with E-state index in [2.05, 4.69) is 11.6 Å². The molecule has 1 aliphatic carbocycles. The van der Waals surface area contributed by atoms with E-state index in [9.17, 15) is 8.42 Å². The van der Waals surface area contributed by atoms with Gasteiger partial charge >= 0.3 is 0 Å². The Morgan fingerprint density at radius 2 is 2.15 bits per heavy atom. The van der Waals surface area contributed by atoms with Crippen LogP contribution in [0, 0.1) is 16.7 Å². The lowest BCUT2D eigenvalue weighted by Crippen LogP contribution is -2.41. The lowest BCUT2D eigenvalue weighted by Gasteiger charge is -2.41. The zero-order chi connectivity index (χ0) is 14.8. The first-order valence-electron chi connectivity index (χ1n) is 6.72. The van der Waals surface area contributed by atoms with Gasteiger partial charge in [0.1, 0.15) is 4.90 Å². The molecule has 0 saturated heterocycles. The minimum atomic E-state index is -3.62. The van der Waals surface area contributed by atoms with E-state index in [1.54, 1.807) is 0 Å². The molecule has 6 heteroatoms. The van der Waals surface area contributed by atoms with Crippen LogP contribution in [-0.4, -0.2) is 15.0 Å². The van der Waals surface area contributed by atoms with Crippen LogP contribution in [0.15, 0.2) is 23.1 Å². The summed E-state index contributed by atoms with van der Waals surface area (Å²) < 4.78 is 27.2. The van der Waals surface area contributed by atoms with Crippen LogP contribution in [0.25, 0.3) is 0 Å². The van der Waals surface area contributed by atoms with Crippen LogP contribution in [0.5, 0.6) is 0 Å². The molecule has 0 amide bonds. The Morgan fingerprint density at radius 3 is 2.60 bits per heavy atom. The van der Waals surface area contributed by atoms with Crippen molar-refractivity contribution in [1.29, 1.82) is 5.26 Å². The molecule has 0 heterocycles. The second-order valence-electron chi connectivity index (χ2n) is 5.40. The Bertz CT molecular complexity index is 637. The number of nitriles is 1. The van der Waals surface area contributed by atoms with E-state index >= 15 is 0 Å². The van der Waals surface area contributed by atoms with Crippen molar-refractivity contribution in [3.05, 3.63) is 23.8 Å². The third-order valence-corrected chi connectivity index (χ3v) is 5.70. The molecule has 0 aromatic heterocycles. The van der Waals surface area contributed by atoms with Crippen molar-refractivity contribution < 1.29 is 8.42 Å². The van der Waals surface area contributed by atoms with Gasteiger partial charge in [0, 0.05) is 6.54 Å². The van der Waals surface area contributed by atoms with Gasteiger partial charge in [0.2, 0.25) is 10.0 Å². The van der Waals surface area contributed by atoms with Crippen molar-refractivity contribution in [3.63, 3.8) is 0 Å². The largest absolute Gasteiger partial charge is 0.398 e. The van der Waals surface area contributed by atoms with Crippen LogP contribution < -0.4 is 10.5 Å². The number of benzene rings is 1. The first kappa shape index (κ1) is 14.8.